The van der Waals surface area contributed by atoms with Crippen LogP contribution >= 0.6 is 11.8 Å². The SMILES string of the molecule is O=C(NCc1cccnc1Oc1cccc(F)c1)[C@@H]1CSCN1C(=O)c1ccccc1. The Kier molecular flexibility index (Phi) is 6.47. The molecule has 1 saturated heterocycles. The quantitative estimate of drug-likeness (QED) is 0.634. The molecule has 1 aromatic heterocycles. The van der Waals surface area contributed by atoms with Gasteiger partial charge in [-0.25, -0.2) is 9.37 Å². The Morgan fingerprint density at radius 1 is 1.13 bits per heavy atom. The van der Waals surface area contributed by atoms with Gasteiger partial charge in [-0.2, -0.15) is 0 Å². The number of carbonyl (C=O) groups excluding carboxylic acids is 2. The molecule has 0 bridgehead atoms. The van der Waals surface area contributed by atoms with Crippen molar-refractivity contribution in [1.29, 1.82) is 0 Å². The molecule has 0 unspecified atom stereocenters. The summed E-state index contributed by atoms with van der Waals surface area (Å²) in [5, 5.41) is 2.87. The summed E-state index contributed by atoms with van der Waals surface area (Å²) < 4.78 is 19.1. The number of halogens is 1. The summed E-state index contributed by atoms with van der Waals surface area (Å²) in [6.07, 6.45) is 1.56. The Balaban J connectivity index is 1.42. The molecule has 0 spiro atoms. The molecule has 3 aromatic rings. The number of amides is 2. The predicted octanol–water partition coefficient (Wildman–Crippen LogP) is 3.84. The predicted molar refractivity (Wildman–Crippen MR) is 116 cm³/mol. The average molecular weight is 437 g/mol. The van der Waals surface area contributed by atoms with Gasteiger partial charge in [0.15, 0.2) is 0 Å². The molecule has 8 heteroatoms. The molecule has 1 atom stereocenters. The summed E-state index contributed by atoms with van der Waals surface area (Å²) in [6, 6.07) is 17.6. The van der Waals surface area contributed by atoms with E-state index in [-0.39, 0.29) is 24.2 Å². The van der Waals surface area contributed by atoms with Gasteiger partial charge in [-0.05, 0) is 30.3 Å². The number of nitrogens with one attached hydrogen (secondary N) is 1. The van der Waals surface area contributed by atoms with Crippen LogP contribution in [0.1, 0.15) is 15.9 Å². The topological polar surface area (TPSA) is 71.5 Å². The molecule has 0 radical (unpaired) electrons. The van der Waals surface area contributed by atoms with Crippen molar-refractivity contribution in [2.45, 2.75) is 12.6 Å². The van der Waals surface area contributed by atoms with Gasteiger partial charge < -0.3 is 15.0 Å². The van der Waals surface area contributed by atoms with Gasteiger partial charge in [0, 0.05) is 35.7 Å². The highest BCUT2D eigenvalue weighted by Gasteiger charge is 2.35. The zero-order valence-corrected chi connectivity index (χ0v) is 17.3. The molecule has 0 saturated carbocycles. The summed E-state index contributed by atoms with van der Waals surface area (Å²) in [4.78, 5) is 31.4. The summed E-state index contributed by atoms with van der Waals surface area (Å²) in [5.41, 5.74) is 1.20. The van der Waals surface area contributed by atoms with Crippen molar-refractivity contribution in [2.24, 2.45) is 0 Å². The van der Waals surface area contributed by atoms with E-state index in [2.05, 4.69) is 10.3 Å². The van der Waals surface area contributed by atoms with Crippen LogP contribution in [0.4, 0.5) is 4.39 Å². The zero-order valence-electron chi connectivity index (χ0n) is 16.5. The lowest BCUT2D eigenvalue weighted by Gasteiger charge is -2.23. The Morgan fingerprint density at radius 3 is 2.77 bits per heavy atom. The highest BCUT2D eigenvalue weighted by atomic mass is 32.2. The van der Waals surface area contributed by atoms with Gasteiger partial charge in [-0.15, -0.1) is 11.8 Å². The van der Waals surface area contributed by atoms with Gasteiger partial charge >= 0.3 is 0 Å². The van der Waals surface area contributed by atoms with Crippen molar-refractivity contribution < 1.29 is 18.7 Å². The van der Waals surface area contributed by atoms with E-state index in [0.717, 1.165) is 0 Å². The van der Waals surface area contributed by atoms with Crippen molar-refractivity contribution in [3.8, 4) is 11.6 Å². The van der Waals surface area contributed by atoms with Crippen molar-refractivity contribution in [3.63, 3.8) is 0 Å². The number of carbonyl (C=O) groups is 2. The van der Waals surface area contributed by atoms with E-state index in [1.807, 2.05) is 6.07 Å². The Hall–Kier alpha value is -3.39. The van der Waals surface area contributed by atoms with Gasteiger partial charge in [-0.1, -0.05) is 30.3 Å². The number of aromatic nitrogens is 1. The molecule has 1 N–H and O–H groups in total. The Labute approximate surface area is 183 Å². The third-order valence-electron chi connectivity index (χ3n) is 4.78. The standard InChI is InChI=1S/C23H20FN3O3S/c24-18-9-4-10-19(12-18)30-22-17(8-5-11-25-22)13-26-21(28)20-14-31-15-27(20)23(29)16-6-2-1-3-7-16/h1-12,20H,13-15H2,(H,26,28)/t20-/m0/s1. The van der Waals surface area contributed by atoms with Crippen LogP contribution in [-0.4, -0.2) is 39.4 Å². The zero-order chi connectivity index (χ0) is 21.6. The summed E-state index contributed by atoms with van der Waals surface area (Å²) in [7, 11) is 0. The van der Waals surface area contributed by atoms with E-state index < -0.39 is 11.9 Å². The van der Waals surface area contributed by atoms with Crippen molar-refractivity contribution in [2.75, 3.05) is 11.6 Å². The molecule has 2 heterocycles. The molecule has 1 aliphatic heterocycles. The summed E-state index contributed by atoms with van der Waals surface area (Å²) in [6.45, 7) is 0.172. The van der Waals surface area contributed by atoms with E-state index in [1.165, 1.54) is 12.1 Å². The lowest BCUT2D eigenvalue weighted by Crippen LogP contribution is -2.47. The average Bonchev–Trinajstić information content (AvgIpc) is 3.28. The molecule has 2 amide bonds. The first-order valence-corrected chi connectivity index (χ1v) is 10.9. The fraction of sp³-hybridized carbons (Fsp3) is 0.174. The molecule has 2 aromatic carbocycles. The number of pyridine rings is 1. The summed E-state index contributed by atoms with van der Waals surface area (Å²) >= 11 is 1.54. The number of benzene rings is 2. The van der Waals surface area contributed by atoms with Crippen LogP contribution in [0.3, 0.4) is 0 Å². The van der Waals surface area contributed by atoms with Crippen LogP contribution in [0, 0.1) is 5.82 Å². The number of thioether (sulfide) groups is 1. The van der Waals surface area contributed by atoms with Crippen LogP contribution in [0.5, 0.6) is 11.6 Å². The maximum Gasteiger partial charge on any atom is 0.255 e. The maximum atomic E-state index is 13.4. The number of hydrogen-bond acceptors (Lipinski definition) is 5. The third kappa shape index (κ3) is 5.03. The largest absolute Gasteiger partial charge is 0.439 e. The number of nitrogens with zero attached hydrogens (tertiary/aromatic N) is 2. The Bertz CT molecular complexity index is 1080. The second-order valence-electron chi connectivity index (χ2n) is 6.90. The fourth-order valence-electron chi connectivity index (χ4n) is 3.20. The van der Waals surface area contributed by atoms with Gasteiger partial charge in [0.1, 0.15) is 17.6 Å². The van der Waals surface area contributed by atoms with Crippen LogP contribution < -0.4 is 10.1 Å². The van der Waals surface area contributed by atoms with Crippen molar-refractivity contribution >= 4 is 23.6 Å². The molecule has 1 aliphatic rings. The number of ether oxygens (including phenoxy) is 1. The third-order valence-corrected chi connectivity index (χ3v) is 5.79. The highest BCUT2D eigenvalue weighted by molar-refractivity contribution is 7.99. The second-order valence-corrected chi connectivity index (χ2v) is 7.90. The molecular formula is C23H20FN3O3S. The number of rotatable bonds is 6. The molecule has 0 aliphatic carbocycles. The van der Waals surface area contributed by atoms with E-state index in [9.17, 15) is 14.0 Å². The van der Waals surface area contributed by atoms with Crippen LogP contribution in [-0.2, 0) is 11.3 Å². The van der Waals surface area contributed by atoms with Crippen LogP contribution in [0.2, 0.25) is 0 Å². The van der Waals surface area contributed by atoms with E-state index in [4.69, 9.17) is 4.74 Å². The minimum Gasteiger partial charge on any atom is -0.439 e. The molecule has 31 heavy (non-hydrogen) atoms. The highest BCUT2D eigenvalue weighted by Crippen LogP contribution is 2.25. The minimum absolute atomic E-state index is 0.165. The van der Waals surface area contributed by atoms with Gasteiger partial charge in [0.05, 0.1) is 5.88 Å². The molecule has 158 valence electrons. The Morgan fingerprint density at radius 2 is 1.97 bits per heavy atom. The fourth-order valence-corrected chi connectivity index (χ4v) is 4.35. The van der Waals surface area contributed by atoms with Gasteiger partial charge in [-0.3, -0.25) is 9.59 Å². The first-order chi connectivity index (χ1) is 15.1. The van der Waals surface area contributed by atoms with Crippen LogP contribution in [0.25, 0.3) is 0 Å². The molecule has 6 nitrogen and oxygen atoms in total. The van der Waals surface area contributed by atoms with Crippen molar-refractivity contribution in [3.05, 3.63) is 89.9 Å². The smallest absolute Gasteiger partial charge is 0.255 e. The first-order valence-electron chi connectivity index (χ1n) is 9.70. The second kappa shape index (κ2) is 9.61. The molecule has 1 fully saturated rings. The lowest BCUT2D eigenvalue weighted by molar-refractivity contribution is -0.124. The number of hydrogen-bond donors (Lipinski definition) is 1. The maximum absolute atomic E-state index is 13.4. The summed E-state index contributed by atoms with van der Waals surface area (Å²) in [5.74, 6) is 0.781. The first kappa shape index (κ1) is 20.9. The molecular weight excluding hydrogens is 417 g/mol. The lowest BCUT2D eigenvalue weighted by atomic mass is 10.1. The molecule has 4 rings (SSSR count). The van der Waals surface area contributed by atoms with Gasteiger partial charge in [0.25, 0.3) is 5.91 Å². The van der Waals surface area contributed by atoms with Crippen LogP contribution in [0.15, 0.2) is 72.9 Å². The van der Waals surface area contributed by atoms with Gasteiger partial charge in [0.2, 0.25) is 11.8 Å². The normalized spacial score (nSPS) is 15.5. The van der Waals surface area contributed by atoms with E-state index in [1.54, 1.807) is 71.4 Å². The van der Waals surface area contributed by atoms with E-state index in [0.29, 0.717) is 28.5 Å². The minimum atomic E-state index is -0.554. The van der Waals surface area contributed by atoms with Crippen molar-refractivity contribution in [1.82, 2.24) is 15.2 Å². The van der Waals surface area contributed by atoms with E-state index >= 15 is 0 Å². The monoisotopic (exact) mass is 437 g/mol.